The van der Waals surface area contributed by atoms with Crippen LogP contribution in [0, 0.1) is 11.3 Å². The van der Waals surface area contributed by atoms with Crippen molar-refractivity contribution in [3.63, 3.8) is 0 Å². The zero-order valence-electron chi connectivity index (χ0n) is 21.8. The van der Waals surface area contributed by atoms with Crippen LogP contribution < -0.4 is 5.32 Å². The molecule has 38 heavy (non-hydrogen) atoms. The van der Waals surface area contributed by atoms with Gasteiger partial charge >= 0.3 is 13.2 Å². The number of amides is 2. The summed E-state index contributed by atoms with van der Waals surface area (Å²) in [5.74, 6) is -4.19. The van der Waals surface area contributed by atoms with Gasteiger partial charge in [0.1, 0.15) is 18.2 Å². The van der Waals surface area contributed by atoms with E-state index in [2.05, 4.69) is 5.32 Å². The lowest BCUT2D eigenvalue weighted by molar-refractivity contribution is -0.128. The van der Waals surface area contributed by atoms with Crippen LogP contribution in [0.15, 0.2) is 42.0 Å². The molecule has 9 nitrogen and oxygen atoms in total. The lowest BCUT2D eigenvalue weighted by atomic mass is 9.76. The number of nitriles is 1. The van der Waals surface area contributed by atoms with Crippen LogP contribution >= 0.6 is 0 Å². The van der Waals surface area contributed by atoms with Crippen molar-refractivity contribution < 1.29 is 33.2 Å². The normalized spacial score (nSPS) is 20.9. The average molecular weight is 532 g/mol. The number of nitrogens with zero attached hydrogens (tertiary/aromatic N) is 3. The van der Waals surface area contributed by atoms with E-state index in [0.717, 1.165) is 5.56 Å². The second-order valence-corrected chi connectivity index (χ2v) is 10.4. The van der Waals surface area contributed by atoms with Gasteiger partial charge in [-0.25, -0.2) is 13.6 Å². The summed E-state index contributed by atoms with van der Waals surface area (Å²) in [6.07, 6.45) is 1.55. The van der Waals surface area contributed by atoms with E-state index in [0.29, 0.717) is 19.4 Å². The van der Waals surface area contributed by atoms with Gasteiger partial charge in [-0.05, 0) is 44.7 Å². The number of piperidine rings is 1. The van der Waals surface area contributed by atoms with Gasteiger partial charge in [-0.2, -0.15) is 5.26 Å². The van der Waals surface area contributed by atoms with Crippen molar-refractivity contribution in [2.45, 2.75) is 69.4 Å². The maximum Gasteiger partial charge on any atom is 0.475 e. The molecule has 2 heterocycles. The van der Waals surface area contributed by atoms with E-state index in [9.17, 15) is 33.7 Å². The number of benzene rings is 1. The summed E-state index contributed by atoms with van der Waals surface area (Å²) in [4.78, 5) is 29.0. The molecule has 0 aliphatic carbocycles. The van der Waals surface area contributed by atoms with Gasteiger partial charge in [0.25, 0.3) is 11.8 Å². The fraction of sp³-hybridized carbons (Fsp3) is 0.577. The van der Waals surface area contributed by atoms with Crippen molar-refractivity contribution in [3.8, 4) is 6.07 Å². The highest BCUT2D eigenvalue weighted by atomic mass is 19.3. The smallest absolute Gasteiger partial charge is 0.447 e. The van der Waals surface area contributed by atoms with Gasteiger partial charge in [0.2, 0.25) is 0 Å². The predicted octanol–water partition coefficient (Wildman–Crippen LogP) is 2.29. The Balaban J connectivity index is 1.58. The number of alkyl halides is 2. The Labute approximate surface area is 222 Å². The number of halogens is 2. The summed E-state index contributed by atoms with van der Waals surface area (Å²) in [6, 6.07) is 10.5. The van der Waals surface area contributed by atoms with Gasteiger partial charge in [-0.3, -0.25) is 9.69 Å². The van der Waals surface area contributed by atoms with Crippen molar-refractivity contribution in [1.29, 1.82) is 5.26 Å². The number of alkyl carbamates (subject to hydrolysis) is 1. The first-order valence-corrected chi connectivity index (χ1v) is 12.8. The average Bonchev–Trinajstić information content (AvgIpc) is 3.34. The quantitative estimate of drug-likeness (QED) is 0.253. The third kappa shape index (κ3) is 8.00. The molecule has 3 rings (SSSR count). The largest absolute Gasteiger partial charge is 0.475 e. The van der Waals surface area contributed by atoms with Gasteiger partial charge in [0.05, 0.1) is 12.0 Å². The highest BCUT2D eigenvalue weighted by Crippen LogP contribution is 2.32. The minimum Gasteiger partial charge on any atom is -0.447 e. The van der Waals surface area contributed by atoms with Gasteiger partial charge in [0, 0.05) is 38.0 Å². The van der Waals surface area contributed by atoms with Crippen molar-refractivity contribution in [3.05, 3.63) is 47.5 Å². The van der Waals surface area contributed by atoms with E-state index in [-0.39, 0.29) is 44.5 Å². The van der Waals surface area contributed by atoms with Gasteiger partial charge < -0.3 is 25.0 Å². The van der Waals surface area contributed by atoms with Gasteiger partial charge in [-0.15, -0.1) is 0 Å². The standard InChI is InChI=1S/C26H35BF2N4O5/c1-25(2,32-13-10-26(28,29)11-14-32)16-20(17-30)23(34)33-12-6-9-21(33)18-38-24(35)31-22(27(36)37)15-19-7-4-3-5-8-19/h3-5,7-8,16,21-22,36-37H,6,9-15,18H2,1-2H3,(H,31,35)/t21-,22+/m1/s1. The number of carbonyl (C=O) groups is 2. The highest BCUT2D eigenvalue weighted by Gasteiger charge is 2.39. The topological polar surface area (TPSA) is 126 Å². The molecule has 3 N–H and O–H groups in total. The number of nitrogens with one attached hydrogen (secondary N) is 1. The third-order valence-corrected chi connectivity index (χ3v) is 7.16. The molecule has 1 aromatic rings. The molecule has 0 unspecified atom stereocenters. The highest BCUT2D eigenvalue weighted by molar-refractivity contribution is 6.43. The summed E-state index contributed by atoms with van der Waals surface area (Å²) >= 11 is 0. The Morgan fingerprint density at radius 1 is 1.26 bits per heavy atom. The van der Waals surface area contributed by atoms with E-state index in [1.165, 1.54) is 11.0 Å². The molecule has 0 radical (unpaired) electrons. The molecule has 0 bridgehead atoms. The summed E-state index contributed by atoms with van der Waals surface area (Å²) < 4.78 is 32.5. The second kappa shape index (κ2) is 12.7. The molecule has 2 amide bonds. The molecule has 2 aliphatic heterocycles. The number of hydrogen-bond donors (Lipinski definition) is 3. The Morgan fingerprint density at radius 3 is 2.53 bits per heavy atom. The molecule has 2 atom stereocenters. The van der Waals surface area contributed by atoms with Crippen molar-refractivity contribution in [1.82, 2.24) is 15.1 Å². The molecule has 2 saturated heterocycles. The monoisotopic (exact) mass is 532 g/mol. The lowest BCUT2D eigenvalue weighted by Gasteiger charge is -2.41. The van der Waals surface area contributed by atoms with E-state index >= 15 is 0 Å². The predicted molar refractivity (Wildman–Crippen MR) is 137 cm³/mol. The fourth-order valence-corrected chi connectivity index (χ4v) is 4.89. The first kappa shape index (κ1) is 29.5. The van der Waals surface area contributed by atoms with Crippen LogP contribution in [0.3, 0.4) is 0 Å². The number of carbonyl (C=O) groups excluding carboxylic acids is 2. The number of ether oxygens (including phenoxy) is 1. The van der Waals surface area contributed by atoms with Gasteiger partial charge in [-0.1, -0.05) is 30.3 Å². The van der Waals surface area contributed by atoms with E-state index < -0.39 is 42.6 Å². The Hall–Kier alpha value is -3.01. The molecular weight excluding hydrogens is 497 g/mol. The van der Waals surface area contributed by atoms with Crippen LogP contribution in [0.2, 0.25) is 0 Å². The van der Waals surface area contributed by atoms with Crippen LogP contribution in [-0.2, 0) is 16.0 Å². The zero-order valence-corrected chi connectivity index (χ0v) is 21.8. The van der Waals surface area contributed by atoms with Crippen LogP contribution in [0.4, 0.5) is 13.6 Å². The molecular formula is C26H35BF2N4O5. The van der Waals surface area contributed by atoms with Crippen molar-refractivity contribution >= 4 is 19.1 Å². The number of likely N-dealkylation sites (tertiary alicyclic amines) is 2. The minimum atomic E-state index is -2.70. The summed E-state index contributed by atoms with van der Waals surface area (Å²) in [5, 5.41) is 31.5. The van der Waals surface area contributed by atoms with Crippen LogP contribution in [0.1, 0.15) is 45.1 Å². The van der Waals surface area contributed by atoms with Crippen LogP contribution in [0.25, 0.3) is 0 Å². The van der Waals surface area contributed by atoms with Gasteiger partial charge in [0.15, 0.2) is 0 Å². The molecule has 2 fully saturated rings. The maximum atomic E-state index is 13.6. The summed E-state index contributed by atoms with van der Waals surface area (Å²) in [5.41, 5.74) is -0.0627. The first-order chi connectivity index (χ1) is 17.9. The summed E-state index contributed by atoms with van der Waals surface area (Å²) in [7, 11) is -1.80. The molecule has 12 heteroatoms. The fourth-order valence-electron chi connectivity index (χ4n) is 4.89. The summed E-state index contributed by atoms with van der Waals surface area (Å²) in [6.45, 7) is 4.16. The molecule has 0 saturated carbocycles. The zero-order chi connectivity index (χ0) is 27.9. The number of rotatable bonds is 9. The lowest BCUT2D eigenvalue weighted by Crippen LogP contribution is -2.50. The van der Waals surface area contributed by atoms with E-state index in [1.807, 2.05) is 17.0 Å². The van der Waals surface area contributed by atoms with Crippen molar-refractivity contribution in [2.75, 3.05) is 26.2 Å². The van der Waals surface area contributed by atoms with Crippen molar-refractivity contribution in [2.24, 2.45) is 0 Å². The Kier molecular flexibility index (Phi) is 9.87. The molecule has 0 aromatic heterocycles. The minimum absolute atomic E-state index is 0.0880. The third-order valence-electron chi connectivity index (χ3n) is 7.16. The molecule has 1 aromatic carbocycles. The second-order valence-electron chi connectivity index (χ2n) is 10.4. The molecule has 0 spiro atoms. The van der Waals surface area contributed by atoms with Crippen LogP contribution in [-0.4, -0.2) is 88.7 Å². The van der Waals surface area contributed by atoms with E-state index in [1.54, 1.807) is 38.1 Å². The SMILES string of the molecule is CC(C)(C=C(C#N)C(=O)N1CCC[C@@H]1COC(=O)N[C@@H](Cc1ccccc1)B(O)O)N1CCC(F)(F)CC1. The maximum absolute atomic E-state index is 13.6. The molecule has 206 valence electrons. The van der Waals surface area contributed by atoms with Crippen LogP contribution in [0.5, 0.6) is 0 Å². The van der Waals surface area contributed by atoms with E-state index in [4.69, 9.17) is 4.74 Å². The first-order valence-electron chi connectivity index (χ1n) is 12.8. The number of hydrogen-bond acceptors (Lipinski definition) is 7. The Bertz CT molecular complexity index is 1040. The Morgan fingerprint density at radius 2 is 1.92 bits per heavy atom. The molecule has 2 aliphatic rings.